The number of fused-ring (bicyclic) bond motifs is 1. The van der Waals surface area contributed by atoms with Gasteiger partial charge in [0, 0.05) is 19.8 Å². The van der Waals surface area contributed by atoms with Crippen molar-refractivity contribution in [1.82, 2.24) is 9.62 Å². The molecule has 1 aliphatic rings. The van der Waals surface area contributed by atoms with Gasteiger partial charge < -0.3 is 10.6 Å². The molecule has 0 radical (unpaired) electrons. The van der Waals surface area contributed by atoms with Crippen LogP contribution in [0.4, 0.5) is 16.2 Å². The van der Waals surface area contributed by atoms with Gasteiger partial charge in [0.05, 0.1) is 11.7 Å². The van der Waals surface area contributed by atoms with Crippen molar-refractivity contribution in [3.8, 4) is 0 Å². The molecule has 144 valence electrons. The first-order valence-corrected chi connectivity index (χ1v) is 10.2. The van der Waals surface area contributed by atoms with E-state index in [2.05, 4.69) is 27.5 Å². The van der Waals surface area contributed by atoms with Crippen molar-refractivity contribution in [3.05, 3.63) is 59.7 Å². The van der Waals surface area contributed by atoms with Crippen LogP contribution in [0, 0.1) is 0 Å². The molecule has 0 aromatic heterocycles. The van der Waals surface area contributed by atoms with Gasteiger partial charge in [-0.25, -0.2) is 4.79 Å². The van der Waals surface area contributed by atoms with Gasteiger partial charge in [-0.2, -0.15) is 12.7 Å². The van der Waals surface area contributed by atoms with Crippen LogP contribution in [0.1, 0.15) is 30.0 Å². The summed E-state index contributed by atoms with van der Waals surface area (Å²) in [6.07, 6.45) is 2.96. The van der Waals surface area contributed by atoms with Gasteiger partial charge in [0.15, 0.2) is 0 Å². The van der Waals surface area contributed by atoms with E-state index in [1.807, 2.05) is 12.1 Å². The molecule has 0 aliphatic heterocycles. The maximum absolute atomic E-state index is 12.4. The van der Waals surface area contributed by atoms with Crippen LogP contribution >= 0.6 is 0 Å². The van der Waals surface area contributed by atoms with Crippen LogP contribution in [0.2, 0.25) is 0 Å². The number of benzene rings is 2. The molecule has 1 aliphatic carbocycles. The van der Waals surface area contributed by atoms with E-state index in [0.29, 0.717) is 11.4 Å². The summed E-state index contributed by atoms with van der Waals surface area (Å²) in [5.74, 6) is 0. The fourth-order valence-corrected chi connectivity index (χ4v) is 3.74. The maximum atomic E-state index is 12.4. The molecule has 0 saturated carbocycles. The van der Waals surface area contributed by atoms with Gasteiger partial charge in [-0.15, -0.1) is 0 Å². The summed E-state index contributed by atoms with van der Waals surface area (Å²) in [4.78, 5) is 12.4. The second kappa shape index (κ2) is 7.98. The summed E-state index contributed by atoms with van der Waals surface area (Å²) < 4.78 is 27.4. The number of nitrogens with one attached hydrogen (secondary N) is 3. The SMILES string of the molecule is CN(C)S(=O)(=O)Nc1cccc(NC(=O)NC2CCCc3ccccc32)c1. The summed E-state index contributed by atoms with van der Waals surface area (Å²) >= 11 is 0. The summed E-state index contributed by atoms with van der Waals surface area (Å²) in [5, 5.41) is 5.79. The van der Waals surface area contributed by atoms with Gasteiger partial charge in [0.1, 0.15) is 0 Å². The van der Waals surface area contributed by atoms with Crippen molar-refractivity contribution < 1.29 is 13.2 Å². The zero-order valence-electron chi connectivity index (χ0n) is 15.4. The molecule has 8 heteroatoms. The third-order valence-corrected chi connectivity index (χ3v) is 5.98. The predicted molar refractivity (Wildman–Crippen MR) is 107 cm³/mol. The average Bonchev–Trinajstić information content (AvgIpc) is 2.62. The minimum absolute atomic E-state index is 0.0228. The Kier molecular flexibility index (Phi) is 5.67. The molecule has 27 heavy (non-hydrogen) atoms. The summed E-state index contributed by atoms with van der Waals surface area (Å²) in [6.45, 7) is 0. The molecule has 0 heterocycles. The number of hydrogen-bond acceptors (Lipinski definition) is 3. The molecule has 2 aromatic rings. The standard InChI is InChI=1S/C19H24N4O3S/c1-23(2)27(25,26)22-16-10-6-9-15(13-16)20-19(24)21-18-12-5-8-14-7-3-4-11-17(14)18/h3-4,6-7,9-11,13,18,22H,5,8,12H2,1-2H3,(H2,20,21,24). The molecule has 1 atom stereocenters. The van der Waals surface area contributed by atoms with Crippen molar-refractivity contribution in [2.75, 3.05) is 24.1 Å². The van der Waals surface area contributed by atoms with Crippen molar-refractivity contribution in [3.63, 3.8) is 0 Å². The Morgan fingerprint density at radius 3 is 2.59 bits per heavy atom. The van der Waals surface area contributed by atoms with E-state index in [1.54, 1.807) is 24.3 Å². The Hall–Kier alpha value is -2.58. The number of carbonyl (C=O) groups excluding carboxylic acids is 1. The Labute approximate surface area is 160 Å². The number of rotatable bonds is 5. The van der Waals surface area contributed by atoms with Gasteiger partial charge in [-0.3, -0.25) is 4.72 Å². The number of carbonyl (C=O) groups is 1. The Morgan fingerprint density at radius 1 is 1.07 bits per heavy atom. The normalized spacial score (nSPS) is 16.5. The van der Waals surface area contributed by atoms with E-state index in [0.717, 1.165) is 29.1 Å². The van der Waals surface area contributed by atoms with E-state index in [1.165, 1.54) is 19.7 Å². The molecular formula is C19H24N4O3S. The Bertz CT molecular complexity index is 928. The van der Waals surface area contributed by atoms with Gasteiger partial charge in [0.2, 0.25) is 0 Å². The molecule has 3 rings (SSSR count). The Balaban J connectivity index is 1.66. The summed E-state index contributed by atoms with van der Waals surface area (Å²) in [6, 6.07) is 14.4. The zero-order chi connectivity index (χ0) is 19.4. The lowest BCUT2D eigenvalue weighted by atomic mass is 9.88. The maximum Gasteiger partial charge on any atom is 0.319 e. The third kappa shape index (κ3) is 4.78. The van der Waals surface area contributed by atoms with Crippen molar-refractivity contribution in [2.45, 2.75) is 25.3 Å². The summed E-state index contributed by atoms with van der Waals surface area (Å²) in [7, 11) is -0.709. The molecule has 0 bridgehead atoms. The minimum Gasteiger partial charge on any atom is -0.331 e. The highest BCUT2D eigenvalue weighted by Crippen LogP contribution is 2.29. The smallest absolute Gasteiger partial charge is 0.319 e. The van der Waals surface area contributed by atoms with Gasteiger partial charge in [-0.05, 0) is 48.6 Å². The van der Waals surface area contributed by atoms with E-state index in [4.69, 9.17) is 0 Å². The fourth-order valence-electron chi connectivity index (χ4n) is 3.13. The van der Waals surface area contributed by atoms with Gasteiger partial charge in [0.25, 0.3) is 0 Å². The topological polar surface area (TPSA) is 90.5 Å². The largest absolute Gasteiger partial charge is 0.331 e. The lowest BCUT2D eigenvalue weighted by Gasteiger charge is -2.26. The van der Waals surface area contributed by atoms with E-state index < -0.39 is 10.2 Å². The first kappa shape index (κ1) is 19.2. The van der Waals surface area contributed by atoms with Crippen molar-refractivity contribution in [2.24, 2.45) is 0 Å². The van der Waals surface area contributed by atoms with Crippen LogP contribution in [0.5, 0.6) is 0 Å². The quantitative estimate of drug-likeness (QED) is 0.735. The van der Waals surface area contributed by atoms with Crippen LogP contribution in [0.15, 0.2) is 48.5 Å². The van der Waals surface area contributed by atoms with Crippen LogP contribution in [-0.2, 0) is 16.6 Å². The van der Waals surface area contributed by atoms with E-state index in [-0.39, 0.29) is 12.1 Å². The lowest BCUT2D eigenvalue weighted by Crippen LogP contribution is -2.34. The number of urea groups is 1. The second-order valence-corrected chi connectivity index (χ2v) is 8.60. The molecule has 7 nitrogen and oxygen atoms in total. The van der Waals surface area contributed by atoms with Crippen LogP contribution < -0.4 is 15.4 Å². The van der Waals surface area contributed by atoms with Crippen LogP contribution in [0.25, 0.3) is 0 Å². The fraction of sp³-hybridized carbons (Fsp3) is 0.316. The highest BCUT2D eigenvalue weighted by Gasteiger charge is 2.21. The molecule has 2 amide bonds. The molecule has 0 fully saturated rings. The van der Waals surface area contributed by atoms with Gasteiger partial charge >= 0.3 is 16.2 Å². The molecular weight excluding hydrogens is 364 g/mol. The number of aryl methyl sites for hydroxylation is 1. The van der Waals surface area contributed by atoms with Crippen molar-refractivity contribution >= 4 is 27.6 Å². The molecule has 2 aromatic carbocycles. The number of anilines is 2. The van der Waals surface area contributed by atoms with E-state index in [9.17, 15) is 13.2 Å². The van der Waals surface area contributed by atoms with Crippen molar-refractivity contribution in [1.29, 1.82) is 0 Å². The number of amides is 2. The highest BCUT2D eigenvalue weighted by molar-refractivity contribution is 7.90. The number of hydrogen-bond donors (Lipinski definition) is 3. The monoisotopic (exact) mass is 388 g/mol. The third-order valence-electron chi connectivity index (χ3n) is 4.52. The summed E-state index contributed by atoms with van der Waals surface area (Å²) in [5.41, 5.74) is 3.32. The molecule has 3 N–H and O–H groups in total. The number of nitrogens with zero attached hydrogens (tertiary/aromatic N) is 1. The molecule has 1 unspecified atom stereocenters. The highest BCUT2D eigenvalue weighted by atomic mass is 32.2. The zero-order valence-corrected chi connectivity index (χ0v) is 16.2. The molecule has 0 spiro atoms. The average molecular weight is 388 g/mol. The first-order chi connectivity index (χ1) is 12.8. The lowest BCUT2D eigenvalue weighted by molar-refractivity contribution is 0.247. The van der Waals surface area contributed by atoms with E-state index >= 15 is 0 Å². The van der Waals surface area contributed by atoms with Gasteiger partial charge in [-0.1, -0.05) is 30.3 Å². The van der Waals surface area contributed by atoms with Crippen LogP contribution in [0.3, 0.4) is 0 Å². The molecule has 0 saturated heterocycles. The van der Waals surface area contributed by atoms with Crippen LogP contribution in [-0.4, -0.2) is 32.8 Å². The first-order valence-electron chi connectivity index (χ1n) is 8.81. The Morgan fingerprint density at radius 2 is 1.81 bits per heavy atom. The second-order valence-electron chi connectivity index (χ2n) is 6.71. The predicted octanol–water partition coefficient (Wildman–Crippen LogP) is 3.10. The minimum atomic E-state index is -3.60.